The maximum atomic E-state index is 12.2. The van der Waals surface area contributed by atoms with Crippen molar-refractivity contribution in [2.24, 2.45) is 0 Å². The number of hydrogen-bond donors (Lipinski definition) is 0. The smallest absolute Gasteiger partial charge is 0.274 e. The number of rotatable bonds is 4. The molecule has 0 unspecified atom stereocenters. The molecule has 2 rings (SSSR count). The number of aromatic nitrogens is 2. The monoisotopic (exact) mass is 291 g/mol. The molecule has 0 saturated carbocycles. The molecule has 104 valence electrons. The van der Waals surface area contributed by atoms with Gasteiger partial charge in [-0.1, -0.05) is 23.7 Å². The van der Waals surface area contributed by atoms with Crippen LogP contribution in [0.5, 0.6) is 5.75 Å². The van der Waals surface area contributed by atoms with Gasteiger partial charge in [0.2, 0.25) is 0 Å². The van der Waals surface area contributed by atoms with Gasteiger partial charge in [0.15, 0.2) is 0 Å². The Morgan fingerprint density at radius 3 is 2.90 bits per heavy atom. The molecule has 1 heterocycles. The van der Waals surface area contributed by atoms with Crippen molar-refractivity contribution in [3.05, 3.63) is 53.1 Å². The SMILES string of the molecule is COc1cccc(CN(C)C(=O)c2cncc(Cl)n2)c1. The van der Waals surface area contributed by atoms with Crippen molar-refractivity contribution in [3.63, 3.8) is 0 Å². The van der Waals surface area contributed by atoms with Crippen LogP contribution in [0, 0.1) is 0 Å². The molecule has 1 amide bonds. The van der Waals surface area contributed by atoms with E-state index in [4.69, 9.17) is 16.3 Å². The molecule has 0 aliphatic carbocycles. The zero-order chi connectivity index (χ0) is 14.5. The Labute approximate surface area is 122 Å². The summed E-state index contributed by atoms with van der Waals surface area (Å²) >= 11 is 5.73. The number of amides is 1. The summed E-state index contributed by atoms with van der Waals surface area (Å²) in [6.45, 7) is 0.449. The third kappa shape index (κ3) is 3.45. The van der Waals surface area contributed by atoms with Gasteiger partial charge in [-0.25, -0.2) is 4.98 Å². The van der Waals surface area contributed by atoms with E-state index in [1.54, 1.807) is 19.1 Å². The van der Waals surface area contributed by atoms with Gasteiger partial charge in [-0.05, 0) is 17.7 Å². The van der Waals surface area contributed by atoms with Crippen LogP contribution >= 0.6 is 11.6 Å². The van der Waals surface area contributed by atoms with E-state index in [1.807, 2.05) is 24.3 Å². The zero-order valence-corrected chi connectivity index (χ0v) is 12.0. The summed E-state index contributed by atoms with van der Waals surface area (Å²) in [5, 5.41) is 0.200. The first-order chi connectivity index (χ1) is 9.60. The fourth-order valence-corrected chi connectivity index (χ4v) is 1.90. The summed E-state index contributed by atoms with van der Waals surface area (Å²) in [6, 6.07) is 7.54. The summed E-state index contributed by atoms with van der Waals surface area (Å²) in [5.74, 6) is 0.522. The molecule has 6 heteroatoms. The van der Waals surface area contributed by atoms with Crippen molar-refractivity contribution < 1.29 is 9.53 Å². The molecular weight excluding hydrogens is 278 g/mol. The lowest BCUT2D eigenvalue weighted by Gasteiger charge is -2.17. The van der Waals surface area contributed by atoms with E-state index in [0.717, 1.165) is 11.3 Å². The highest BCUT2D eigenvalue weighted by Crippen LogP contribution is 2.14. The highest BCUT2D eigenvalue weighted by Gasteiger charge is 2.14. The van der Waals surface area contributed by atoms with Crippen molar-refractivity contribution in [3.8, 4) is 5.75 Å². The molecule has 20 heavy (non-hydrogen) atoms. The fourth-order valence-electron chi connectivity index (χ4n) is 1.76. The average Bonchev–Trinajstić information content (AvgIpc) is 2.46. The molecule has 5 nitrogen and oxygen atoms in total. The molecule has 1 aromatic heterocycles. The van der Waals surface area contributed by atoms with E-state index < -0.39 is 0 Å². The van der Waals surface area contributed by atoms with Crippen molar-refractivity contribution >= 4 is 17.5 Å². The van der Waals surface area contributed by atoms with Crippen LogP contribution in [0.25, 0.3) is 0 Å². The van der Waals surface area contributed by atoms with Crippen molar-refractivity contribution in [1.29, 1.82) is 0 Å². The minimum absolute atomic E-state index is 0.200. The Hall–Kier alpha value is -2.14. The zero-order valence-electron chi connectivity index (χ0n) is 11.2. The molecule has 1 aromatic carbocycles. The topological polar surface area (TPSA) is 55.3 Å². The first kappa shape index (κ1) is 14.3. The molecule has 2 aromatic rings. The standard InChI is InChI=1S/C14H14ClN3O2/c1-18(9-10-4-3-5-11(6-10)20-2)14(19)12-7-16-8-13(15)17-12/h3-8H,9H2,1-2H3. The van der Waals surface area contributed by atoms with Gasteiger partial charge in [0, 0.05) is 13.6 Å². The Morgan fingerprint density at radius 1 is 1.40 bits per heavy atom. The van der Waals surface area contributed by atoms with Crippen molar-refractivity contribution in [1.82, 2.24) is 14.9 Å². The first-order valence-corrected chi connectivity index (χ1v) is 6.34. The lowest BCUT2D eigenvalue weighted by Crippen LogP contribution is -2.27. The number of methoxy groups -OCH3 is 1. The normalized spacial score (nSPS) is 10.2. The molecule has 0 fully saturated rings. The highest BCUT2D eigenvalue weighted by molar-refractivity contribution is 6.29. The fraction of sp³-hybridized carbons (Fsp3) is 0.214. The molecule has 0 bridgehead atoms. The van der Waals surface area contributed by atoms with Crippen LogP contribution < -0.4 is 4.74 Å². The molecule has 0 radical (unpaired) electrons. The largest absolute Gasteiger partial charge is 0.497 e. The Balaban J connectivity index is 2.11. The van der Waals surface area contributed by atoms with Gasteiger partial charge >= 0.3 is 0 Å². The second kappa shape index (κ2) is 6.34. The van der Waals surface area contributed by atoms with Gasteiger partial charge in [0.05, 0.1) is 19.5 Å². The van der Waals surface area contributed by atoms with Gasteiger partial charge in [-0.15, -0.1) is 0 Å². The summed E-state index contributed by atoms with van der Waals surface area (Å²) in [4.78, 5) is 21.6. The van der Waals surface area contributed by atoms with Crippen LogP contribution in [0.3, 0.4) is 0 Å². The van der Waals surface area contributed by atoms with Crippen LogP contribution in [-0.4, -0.2) is 34.9 Å². The van der Waals surface area contributed by atoms with Crippen molar-refractivity contribution in [2.45, 2.75) is 6.54 Å². The molecule has 0 spiro atoms. The first-order valence-electron chi connectivity index (χ1n) is 5.96. The molecule has 0 aliphatic heterocycles. The highest BCUT2D eigenvalue weighted by atomic mass is 35.5. The van der Waals surface area contributed by atoms with E-state index in [2.05, 4.69) is 9.97 Å². The average molecular weight is 292 g/mol. The van der Waals surface area contributed by atoms with Crippen LogP contribution in [-0.2, 0) is 6.54 Å². The predicted molar refractivity (Wildman–Crippen MR) is 75.8 cm³/mol. The molecule has 0 saturated heterocycles. The lowest BCUT2D eigenvalue weighted by atomic mass is 10.2. The predicted octanol–water partition coefficient (Wildman–Crippen LogP) is 2.41. The van der Waals surface area contributed by atoms with Gasteiger partial charge in [-0.2, -0.15) is 0 Å². The Morgan fingerprint density at radius 2 is 2.20 bits per heavy atom. The number of carbonyl (C=O) groups excluding carboxylic acids is 1. The number of halogens is 1. The number of hydrogen-bond acceptors (Lipinski definition) is 4. The number of ether oxygens (including phenoxy) is 1. The second-order valence-electron chi connectivity index (χ2n) is 4.24. The summed E-state index contributed by atoms with van der Waals surface area (Å²) in [5.41, 5.74) is 1.19. The van der Waals surface area contributed by atoms with E-state index in [0.29, 0.717) is 6.54 Å². The second-order valence-corrected chi connectivity index (χ2v) is 4.63. The minimum atomic E-state index is -0.234. The van der Waals surface area contributed by atoms with Crippen LogP contribution in [0.2, 0.25) is 5.15 Å². The van der Waals surface area contributed by atoms with E-state index in [-0.39, 0.29) is 16.8 Å². The maximum Gasteiger partial charge on any atom is 0.274 e. The lowest BCUT2D eigenvalue weighted by molar-refractivity contribution is 0.0778. The minimum Gasteiger partial charge on any atom is -0.497 e. The third-order valence-electron chi connectivity index (χ3n) is 2.72. The van der Waals surface area contributed by atoms with Crippen molar-refractivity contribution in [2.75, 3.05) is 14.2 Å². The Kier molecular flexibility index (Phi) is 4.53. The van der Waals surface area contributed by atoms with E-state index in [1.165, 1.54) is 12.4 Å². The summed E-state index contributed by atoms with van der Waals surface area (Å²) in [6.07, 6.45) is 2.79. The quantitative estimate of drug-likeness (QED) is 0.868. The summed E-state index contributed by atoms with van der Waals surface area (Å²) in [7, 11) is 3.31. The van der Waals surface area contributed by atoms with E-state index in [9.17, 15) is 4.79 Å². The Bertz CT molecular complexity index is 619. The number of nitrogens with zero attached hydrogens (tertiary/aromatic N) is 3. The van der Waals surface area contributed by atoms with Gasteiger partial charge in [0.25, 0.3) is 5.91 Å². The maximum absolute atomic E-state index is 12.2. The number of benzene rings is 1. The molecular formula is C14H14ClN3O2. The molecule has 0 atom stereocenters. The molecule has 0 aliphatic rings. The van der Waals surface area contributed by atoms with Gasteiger partial charge in [0.1, 0.15) is 16.6 Å². The van der Waals surface area contributed by atoms with Crippen LogP contribution in [0.15, 0.2) is 36.7 Å². The van der Waals surface area contributed by atoms with Crippen LogP contribution in [0.4, 0.5) is 0 Å². The van der Waals surface area contributed by atoms with Gasteiger partial charge < -0.3 is 9.64 Å². The summed E-state index contributed by atoms with van der Waals surface area (Å²) < 4.78 is 5.15. The van der Waals surface area contributed by atoms with Crippen LogP contribution in [0.1, 0.15) is 16.1 Å². The third-order valence-corrected chi connectivity index (χ3v) is 2.91. The van der Waals surface area contributed by atoms with Gasteiger partial charge in [-0.3, -0.25) is 9.78 Å². The number of carbonyl (C=O) groups is 1. The van der Waals surface area contributed by atoms with E-state index >= 15 is 0 Å². The molecule has 0 N–H and O–H groups in total.